The number of hydrogen-bond donors (Lipinski definition) is 2. The lowest BCUT2D eigenvalue weighted by Gasteiger charge is -2.24. The zero-order valence-electron chi connectivity index (χ0n) is 9.82. The number of carbonyl (C=O) groups excluding carboxylic acids is 1. The maximum Gasteiger partial charge on any atom is 0.236 e. The molecule has 1 amide bonds. The van der Waals surface area contributed by atoms with Crippen molar-refractivity contribution >= 4 is 5.91 Å². The van der Waals surface area contributed by atoms with Gasteiger partial charge in [0, 0.05) is 12.6 Å². The van der Waals surface area contributed by atoms with Crippen LogP contribution in [0.5, 0.6) is 0 Å². The summed E-state index contributed by atoms with van der Waals surface area (Å²) in [6.07, 6.45) is 6.96. The molecule has 16 heavy (non-hydrogen) atoms. The van der Waals surface area contributed by atoms with E-state index < -0.39 is 0 Å². The normalized spacial score (nSPS) is 26.6. The molecule has 4 heteroatoms. The second kappa shape index (κ2) is 5.64. The summed E-state index contributed by atoms with van der Waals surface area (Å²) in [6, 6.07) is 0.608. The average molecular weight is 226 g/mol. The third-order valence-electron chi connectivity index (χ3n) is 3.81. The van der Waals surface area contributed by atoms with E-state index in [4.69, 9.17) is 5.11 Å². The maximum atomic E-state index is 11.9. The van der Waals surface area contributed by atoms with Crippen LogP contribution in [0.2, 0.25) is 0 Å². The van der Waals surface area contributed by atoms with E-state index >= 15 is 0 Å². The largest absolute Gasteiger partial charge is 0.394 e. The Kier molecular flexibility index (Phi) is 4.18. The molecule has 1 aliphatic carbocycles. The Bertz CT molecular complexity index is 239. The average Bonchev–Trinajstić information content (AvgIpc) is 2.96. The summed E-state index contributed by atoms with van der Waals surface area (Å²) < 4.78 is 0. The highest BCUT2D eigenvalue weighted by atomic mass is 16.3. The molecule has 1 atom stereocenters. The first kappa shape index (κ1) is 11.9. The standard InChI is InChI=1S/C12H22N2O2/c15-9-11-6-3-7-14(11)12(16)8-13-10-4-1-2-5-10/h10-11,13,15H,1-9H2. The highest BCUT2D eigenvalue weighted by Crippen LogP contribution is 2.19. The van der Waals surface area contributed by atoms with Crippen LogP contribution in [-0.2, 0) is 4.79 Å². The SMILES string of the molecule is O=C(CNC1CCCC1)N1CCCC1CO. The number of aliphatic hydroxyl groups is 1. The summed E-state index contributed by atoms with van der Waals surface area (Å²) in [7, 11) is 0. The minimum Gasteiger partial charge on any atom is -0.394 e. The third kappa shape index (κ3) is 2.74. The lowest BCUT2D eigenvalue weighted by atomic mass is 10.2. The van der Waals surface area contributed by atoms with Gasteiger partial charge in [0.2, 0.25) is 5.91 Å². The van der Waals surface area contributed by atoms with Crippen molar-refractivity contribution in [1.82, 2.24) is 10.2 Å². The van der Waals surface area contributed by atoms with Gasteiger partial charge in [0.15, 0.2) is 0 Å². The van der Waals surface area contributed by atoms with Crippen LogP contribution in [0.1, 0.15) is 38.5 Å². The minimum absolute atomic E-state index is 0.0675. The molecule has 1 saturated carbocycles. The molecule has 92 valence electrons. The second-order valence-corrected chi connectivity index (χ2v) is 4.93. The minimum atomic E-state index is 0.0675. The van der Waals surface area contributed by atoms with Crippen LogP contribution in [0.15, 0.2) is 0 Å². The number of likely N-dealkylation sites (tertiary alicyclic amines) is 1. The van der Waals surface area contributed by atoms with Crippen LogP contribution in [-0.4, -0.2) is 47.7 Å². The molecule has 2 N–H and O–H groups in total. The van der Waals surface area contributed by atoms with Gasteiger partial charge in [0.25, 0.3) is 0 Å². The summed E-state index contributed by atoms with van der Waals surface area (Å²) in [5.74, 6) is 0.156. The first-order valence-electron chi connectivity index (χ1n) is 6.45. The summed E-state index contributed by atoms with van der Waals surface area (Å²) in [6.45, 7) is 1.37. The molecule has 0 spiro atoms. The van der Waals surface area contributed by atoms with Crippen LogP contribution < -0.4 is 5.32 Å². The van der Waals surface area contributed by atoms with Gasteiger partial charge in [-0.2, -0.15) is 0 Å². The smallest absolute Gasteiger partial charge is 0.236 e. The second-order valence-electron chi connectivity index (χ2n) is 4.93. The number of nitrogens with one attached hydrogen (secondary N) is 1. The van der Waals surface area contributed by atoms with E-state index in [-0.39, 0.29) is 18.6 Å². The van der Waals surface area contributed by atoms with Crippen molar-refractivity contribution in [2.24, 2.45) is 0 Å². The number of rotatable bonds is 4. The van der Waals surface area contributed by atoms with Crippen LogP contribution in [0, 0.1) is 0 Å². The van der Waals surface area contributed by atoms with Crippen molar-refractivity contribution in [3.8, 4) is 0 Å². The summed E-state index contributed by atoms with van der Waals surface area (Å²) in [4.78, 5) is 13.8. The molecular weight excluding hydrogens is 204 g/mol. The third-order valence-corrected chi connectivity index (χ3v) is 3.81. The van der Waals surface area contributed by atoms with E-state index in [0.29, 0.717) is 12.6 Å². The Labute approximate surface area is 97.0 Å². The van der Waals surface area contributed by atoms with Crippen molar-refractivity contribution in [2.45, 2.75) is 50.6 Å². The fourth-order valence-corrected chi connectivity index (χ4v) is 2.82. The van der Waals surface area contributed by atoms with Gasteiger partial charge < -0.3 is 15.3 Å². The van der Waals surface area contributed by atoms with Crippen molar-refractivity contribution in [3.63, 3.8) is 0 Å². The number of hydrogen-bond acceptors (Lipinski definition) is 3. The fraction of sp³-hybridized carbons (Fsp3) is 0.917. The van der Waals surface area contributed by atoms with Gasteiger partial charge in [-0.15, -0.1) is 0 Å². The van der Waals surface area contributed by atoms with Crippen molar-refractivity contribution in [1.29, 1.82) is 0 Å². The van der Waals surface area contributed by atoms with Crippen LogP contribution >= 0.6 is 0 Å². The lowest BCUT2D eigenvalue weighted by molar-refractivity contribution is -0.131. The van der Waals surface area contributed by atoms with Gasteiger partial charge in [-0.25, -0.2) is 0 Å². The van der Waals surface area contributed by atoms with Crippen molar-refractivity contribution < 1.29 is 9.90 Å². The number of amides is 1. The molecule has 2 rings (SSSR count). The maximum absolute atomic E-state index is 11.9. The Hall–Kier alpha value is -0.610. The molecule has 4 nitrogen and oxygen atoms in total. The van der Waals surface area contributed by atoms with Gasteiger partial charge in [0.1, 0.15) is 0 Å². The van der Waals surface area contributed by atoms with Gasteiger partial charge in [-0.1, -0.05) is 12.8 Å². The molecule has 0 radical (unpaired) electrons. The van der Waals surface area contributed by atoms with E-state index in [9.17, 15) is 4.79 Å². The first-order valence-corrected chi connectivity index (χ1v) is 6.45. The van der Waals surface area contributed by atoms with E-state index in [2.05, 4.69) is 5.32 Å². The Morgan fingerprint density at radius 3 is 2.69 bits per heavy atom. The van der Waals surface area contributed by atoms with E-state index in [0.717, 1.165) is 19.4 Å². The molecular formula is C12H22N2O2. The molecule has 1 heterocycles. The molecule has 0 aromatic heterocycles. The number of carbonyl (C=O) groups is 1. The lowest BCUT2D eigenvalue weighted by Crippen LogP contribution is -2.44. The van der Waals surface area contributed by atoms with Crippen molar-refractivity contribution in [2.75, 3.05) is 19.7 Å². The van der Waals surface area contributed by atoms with Gasteiger partial charge in [0.05, 0.1) is 19.2 Å². The van der Waals surface area contributed by atoms with Crippen LogP contribution in [0.4, 0.5) is 0 Å². The number of nitrogens with zero attached hydrogens (tertiary/aromatic N) is 1. The molecule has 2 aliphatic rings. The summed E-state index contributed by atoms with van der Waals surface area (Å²) in [5.41, 5.74) is 0. The monoisotopic (exact) mass is 226 g/mol. The van der Waals surface area contributed by atoms with Gasteiger partial charge in [-0.05, 0) is 25.7 Å². The summed E-state index contributed by atoms with van der Waals surface area (Å²) >= 11 is 0. The van der Waals surface area contributed by atoms with Crippen LogP contribution in [0.3, 0.4) is 0 Å². The molecule has 0 aromatic rings. The Balaban J connectivity index is 1.74. The highest BCUT2D eigenvalue weighted by Gasteiger charge is 2.28. The Morgan fingerprint density at radius 1 is 1.25 bits per heavy atom. The zero-order valence-corrected chi connectivity index (χ0v) is 9.82. The quantitative estimate of drug-likeness (QED) is 0.734. The molecule has 0 aromatic carbocycles. The van der Waals surface area contributed by atoms with Gasteiger partial charge >= 0.3 is 0 Å². The molecule has 1 unspecified atom stereocenters. The predicted octanol–water partition coefficient (Wildman–Crippen LogP) is 0.502. The highest BCUT2D eigenvalue weighted by molar-refractivity contribution is 5.78. The van der Waals surface area contributed by atoms with E-state index in [1.807, 2.05) is 4.90 Å². The molecule has 0 bridgehead atoms. The first-order chi connectivity index (χ1) is 7.81. The topological polar surface area (TPSA) is 52.6 Å². The fourth-order valence-electron chi connectivity index (χ4n) is 2.82. The van der Waals surface area contributed by atoms with Crippen molar-refractivity contribution in [3.05, 3.63) is 0 Å². The molecule has 1 saturated heterocycles. The molecule has 2 fully saturated rings. The zero-order chi connectivity index (χ0) is 11.4. The van der Waals surface area contributed by atoms with E-state index in [1.165, 1.54) is 25.7 Å². The van der Waals surface area contributed by atoms with E-state index in [1.54, 1.807) is 0 Å². The Morgan fingerprint density at radius 2 is 2.00 bits per heavy atom. The summed E-state index contributed by atoms with van der Waals surface area (Å²) in [5, 5.41) is 12.5. The predicted molar refractivity (Wildman–Crippen MR) is 62.1 cm³/mol. The molecule has 1 aliphatic heterocycles. The number of aliphatic hydroxyl groups excluding tert-OH is 1. The van der Waals surface area contributed by atoms with Crippen LogP contribution in [0.25, 0.3) is 0 Å². The van der Waals surface area contributed by atoms with Gasteiger partial charge in [-0.3, -0.25) is 4.79 Å².